The topological polar surface area (TPSA) is 35.2 Å². The van der Waals surface area contributed by atoms with Crippen LogP contribution in [0.5, 0.6) is 0 Å². The molecule has 1 aliphatic rings. The second kappa shape index (κ2) is 4.72. The molecule has 0 radical (unpaired) electrons. The fraction of sp³-hybridized carbons (Fsp3) is 1.00. The number of hydrogen-bond donors (Lipinski definition) is 1. The molecule has 0 aliphatic carbocycles. The van der Waals surface area contributed by atoms with Crippen molar-refractivity contribution in [2.45, 2.75) is 31.7 Å². The number of ether oxygens (including phenoxy) is 1. The Hall–Kier alpha value is -0.220. The van der Waals surface area contributed by atoms with Crippen LogP contribution in [0.3, 0.4) is 0 Å². The zero-order valence-electron chi connectivity index (χ0n) is 7.01. The first kappa shape index (κ1) is 9.86. The third-order valence-electron chi connectivity index (χ3n) is 2.27. The van der Waals surface area contributed by atoms with Gasteiger partial charge in [0.2, 0.25) is 0 Å². The molecular formula is C8H15F2NO. The molecule has 0 bridgehead atoms. The molecule has 0 aromatic carbocycles. The molecular weight excluding hydrogens is 164 g/mol. The van der Waals surface area contributed by atoms with Gasteiger partial charge in [-0.1, -0.05) is 0 Å². The standard InChI is InChI=1S/C8H15F2NO/c9-8(10)7(11)5-6-1-3-12-4-2-6/h6-8H,1-5,11H2. The van der Waals surface area contributed by atoms with Gasteiger partial charge in [0, 0.05) is 13.2 Å². The summed E-state index contributed by atoms with van der Waals surface area (Å²) in [4.78, 5) is 0. The zero-order chi connectivity index (χ0) is 8.97. The van der Waals surface area contributed by atoms with Crippen molar-refractivity contribution >= 4 is 0 Å². The Morgan fingerprint density at radius 2 is 1.92 bits per heavy atom. The molecule has 2 N–H and O–H groups in total. The van der Waals surface area contributed by atoms with Crippen LogP contribution in [0.15, 0.2) is 0 Å². The molecule has 0 spiro atoms. The predicted octanol–water partition coefficient (Wildman–Crippen LogP) is 1.40. The Labute approximate surface area is 71.1 Å². The van der Waals surface area contributed by atoms with E-state index in [4.69, 9.17) is 10.5 Å². The van der Waals surface area contributed by atoms with Crippen LogP contribution in [-0.4, -0.2) is 25.7 Å². The van der Waals surface area contributed by atoms with E-state index in [1.165, 1.54) is 0 Å². The van der Waals surface area contributed by atoms with E-state index in [1.54, 1.807) is 0 Å². The quantitative estimate of drug-likeness (QED) is 0.710. The normalized spacial score (nSPS) is 23.0. The van der Waals surface area contributed by atoms with Crippen LogP contribution in [0.25, 0.3) is 0 Å². The maximum absolute atomic E-state index is 12.0. The highest BCUT2D eigenvalue weighted by Crippen LogP contribution is 2.21. The molecule has 1 unspecified atom stereocenters. The average molecular weight is 179 g/mol. The van der Waals surface area contributed by atoms with Gasteiger partial charge in [0.05, 0.1) is 6.04 Å². The van der Waals surface area contributed by atoms with Crippen molar-refractivity contribution in [2.24, 2.45) is 11.7 Å². The average Bonchev–Trinajstić information content (AvgIpc) is 2.06. The summed E-state index contributed by atoms with van der Waals surface area (Å²) >= 11 is 0. The van der Waals surface area contributed by atoms with Crippen molar-refractivity contribution in [3.63, 3.8) is 0 Å². The molecule has 12 heavy (non-hydrogen) atoms. The van der Waals surface area contributed by atoms with Gasteiger partial charge >= 0.3 is 0 Å². The Morgan fingerprint density at radius 1 is 1.33 bits per heavy atom. The Morgan fingerprint density at radius 3 is 2.42 bits per heavy atom. The van der Waals surface area contributed by atoms with E-state index in [2.05, 4.69) is 0 Å². The first-order chi connectivity index (χ1) is 5.70. The molecule has 2 nitrogen and oxygen atoms in total. The lowest BCUT2D eigenvalue weighted by atomic mass is 9.93. The van der Waals surface area contributed by atoms with Crippen molar-refractivity contribution in [1.29, 1.82) is 0 Å². The van der Waals surface area contributed by atoms with E-state index in [1.807, 2.05) is 0 Å². The second-order valence-corrected chi connectivity index (χ2v) is 3.29. The maximum atomic E-state index is 12.0. The second-order valence-electron chi connectivity index (χ2n) is 3.29. The number of rotatable bonds is 3. The van der Waals surface area contributed by atoms with Crippen LogP contribution < -0.4 is 5.73 Å². The summed E-state index contributed by atoms with van der Waals surface area (Å²) in [5.74, 6) is 0.336. The van der Waals surface area contributed by atoms with E-state index in [0.29, 0.717) is 25.6 Å². The summed E-state index contributed by atoms with van der Waals surface area (Å²) < 4.78 is 29.2. The van der Waals surface area contributed by atoms with Gasteiger partial charge in [-0.3, -0.25) is 0 Å². The lowest BCUT2D eigenvalue weighted by molar-refractivity contribution is 0.0466. The summed E-state index contributed by atoms with van der Waals surface area (Å²) in [5, 5.41) is 0. The van der Waals surface area contributed by atoms with Crippen LogP contribution in [0.1, 0.15) is 19.3 Å². The smallest absolute Gasteiger partial charge is 0.253 e. The van der Waals surface area contributed by atoms with Gasteiger partial charge in [-0.05, 0) is 25.2 Å². The van der Waals surface area contributed by atoms with E-state index < -0.39 is 12.5 Å². The number of nitrogens with two attached hydrogens (primary N) is 1. The third kappa shape index (κ3) is 3.03. The Kier molecular flexibility index (Phi) is 3.88. The minimum atomic E-state index is -2.38. The van der Waals surface area contributed by atoms with Crippen LogP contribution in [-0.2, 0) is 4.74 Å². The molecule has 1 aliphatic heterocycles. The molecule has 1 saturated heterocycles. The summed E-state index contributed by atoms with van der Waals surface area (Å²) in [5.41, 5.74) is 5.26. The highest BCUT2D eigenvalue weighted by Gasteiger charge is 2.22. The van der Waals surface area contributed by atoms with Crippen LogP contribution >= 0.6 is 0 Å². The number of halogens is 2. The lowest BCUT2D eigenvalue weighted by Gasteiger charge is -2.24. The molecule has 0 saturated carbocycles. The molecule has 0 amide bonds. The van der Waals surface area contributed by atoms with E-state index >= 15 is 0 Å². The SMILES string of the molecule is NC(CC1CCOCC1)C(F)F. The largest absolute Gasteiger partial charge is 0.381 e. The summed E-state index contributed by atoms with van der Waals surface area (Å²) in [6.07, 6.45) is -0.199. The number of alkyl halides is 2. The lowest BCUT2D eigenvalue weighted by Crippen LogP contribution is -2.32. The van der Waals surface area contributed by atoms with Crippen LogP contribution in [0.2, 0.25) is 0 Å². The van der Waals surface area contributed by atoms with Gasteiger partial charge in [-0.25, -0.2) is 8.78 Å². The van der Waals surface area contributed by atoms with Gasteiger partial charge in [0.25, 0.3) is 6.43 Å². The van der Waals surface area contributed by atoms with E-state index in [0.717, 1.165) is 12.8 Å². The maximum Gasteiger partial charge on any atom is 0.253 e. The molecule has 0 aromatic heterocycles. The zero-order valence-corrected chi connectivity index (χ0v) is 7.01. The summed E-state index contributed by atoms with van der Waals surface area (Å²) in [6, 6.07) is -0.951. The molecule has 1 fully saturated rings. The highest BCUT2D eigenvalue weighted by atomic mass is 19.3. The van der Waals surface area contributed by atoms with Crippen molar-refractivity contribution in [2.75, 3.05) is 13.2 Å². The van der Waals surface area contributed by atoms with Crippen molar-refractivity contribution in [1.82, 2.24) is 0 Å². The van der Waals surface area contributed by atoms with Gasteiger partial charge in [0.15, 0.2) is 0 Å². The molecule has 0 aromatic rings. The summed E-state index contributed by atoms with van der Waals surface area (Å²) in [6.45, 7) is 1.39. The molecule has 1 heterocycles. The predicted molar refractivity (Wildman–Crippen MR) is 42.1 cm³/mol. The van der Waals surface area contributed by atoms with Crippen molar-refractivity contribution in [3.8, 4) is 0 Å². The van der Waals surface area contributed by atoms with E-state index in [-0.39, 0.29) is 0 Å². The van der Waals surface area contributed by atoms with Crippen LogP contribution in [0, 0.1) is 5.92 Å². The third-order valence-corrected chi connectivity index (χ3v) is 2.27. The first-order valence-electron chi connectivity index (χ1n) is 4.31. The number of hydrogen-bond acceptors (Lipinski definition) is 2. The Bertz CT molecular complexity index is 126. The first-order valence-corrected chi connectivity index (χ1v) is 4.31. The van der Waals surface area contributed by atoms with Gasteiger partial charge < -0.3 is 10.5 Å². The van der Waals surface area contributed by atoms with Crippen molar-refractivity contribution < 1.29 is 13.5 Å². The molecule has 72 valence electrons. The fourth-order valence-corrected chi connectivity index (χ4v) is 1.47. The van der Waals surface area contributed by atoms with Gasteiger partial charge in [-0.15, -0.1) is 0 Å². The molecule has 1 rings (SSSR count). The van der Waals surface area contributed by atoms with E-state index in [9.17, 15) is 8.78 Å². The summed E-state index contributed by atoms with van der Waals surface area (Å²) in [7, 11) is 0. The van der Waals surface area contributed by atoms with Crippen LogP contribution in [0.4, 0.5) is 8.78 Å². The van der Waals surface area contributed by atoms with Gasteiger partial charge in [-0.2, -0.15) is 0 Å². The monoisotopic (exact) mass is 179 g/mol. The van der Waals surface area contributed by atoms with Gasteiger partial charge in [0.1, 0.15) is 0 Å². The highest BCUT2D eigenvalue weighted by molar-refractivity contribution is 4.72. The van der Waals surface area contributed by atoms with Crippen molar-refractivity contribution in [3.05, 3.63) is 0 Å². The minimum absolute atomic E-state index is 0.336. The Balaban J connectivity index is 2.20. The minimum Gasteiger partial charge on any atom is -0.381 e. The molecule has 4 heteroatoms. The molecule has 1 atom stereocenters. The fourth-order valence-electron chi connectivity index (χ4n) is 1.47.